The third-order valence-corrected chi connectivity index (χ3v) is 5.42. The van der Waals surface area contributed by atoms with Crippen LogP contribution in [0, 0.1) is 0 Å². The summed E-state index contributed by atoms with van der Waals surface area (Å²) in [6.45, 7) is 12.0. The summed E-state index contributed by atoms with van der Waals surface area (Å²) < 4.78 is 2.35. The van der Waals surface area contributed by atoms with Gasteiger partial charge in [0.2, 0.25) is 5.91 Å². The summed E-state index contributed by atoms with van der Waals surface area (Å²) in [5.74, 6) is 2.80. The number of fused-ring (bicyclic) bond motifs is 1. The summed E-state index contributed by atoms with van der Waals surface area (Å²) >= 11 is 0. The largest absolute Gasteiger partial charge is 0.334 e. The van der Waals surface area contributed by atoms with Crippen LogP contribution in [0.15, 0.2) is 25.3 Å². The van der Waals surface area contributed by atoms with Gasteiger partial charge < -0.3 is 9.47 Å². The number of aromatic nitrogens is 3. The molecule has 0 bridgehead atoms. The SMILES string of the molecule is C=CCN(CC=C)C(=O)CN1CCCC(c2nnc3n2CCCCC3)C1. The molecule has 1 amide bonds. The van der Waals surface area contributed by atoms with Gasteiger partial charge in [-0.2, -0.15) is 0 Å². The molecule has 3 heterocycles. The Labute approximate surface area is 156 Å². The number of piperidine rings is 1. The van der Waals surface area contributed by atoms with E-state index >= 15 is 0 Å². The average Bonchev–Trinajstić information content (AvgIpc) is 2.90. The van der Waals surface area contributed by atoms with Gasteiger partial charge in [0.15, 0.2) is 0 Å². The number of carbonyl (C=O) groups is 1. The summed E-state index contributed by atoms with van der Waals surface area (Å²) in [6, 6.07) is 0. The molecule has 0 N–H and O–H groups in total. The number of rotatable bonds is 7. The summed E-state index contributed by atoms with van der Waals surface area (Å²) in [5, 5.41) is 8.99. The van der Waals surface area contributed by atoms with Crippen LogP contribution in [0.2, 0.25) is 0 Å². The summed E-state index contributed by atoms with van der Waals surface area (Å²) in [5.41, 5.74) is 0. The Morgan fingerprint density at radius 1 is 1.12 bits per heavy atom. The lowest BCUT2D eigenvalue weighted by molar-refractivity contribution is -0.131. The van der Waals surface area contributed by atoms with Crippen molar-refractivity contribution < 1.29 is 4.79 Å². The van der Waals surface area contributed by atoms with Crippen LogP contribution in [-0.4, -0.2) is 63.2 Å². The van der Waals surface area contributed by atoms with Gasteiger partial charge in [0.1, 0.15) is 11.6 Å². The summed E-state index contributed by atoms with van der Waals surface area (Å²) in [4.78, 5) is 16.7. The highest BCUT2D eigenvalue weighted by Crippen LogP contribution is 2.27. The highest BCUT2D eigenvalue weighted by Gasteiger charge is 2.28. The first-order valence-corrected chi connectivity index (χ1v) is 9.86. The van der Waals surface area contributed by atoms with Gasteiger partial charge in [-0.15, -0.1) is 23.4 Å². The van der Waals surface area contributed by atoms with Gasteiger partial charge in [-0.3, -0.25) is 9.69 Å². The lowest BCUT2D eigenvalue weighted by atomic mass is 9.97. The Morgan fingerprint density at radius 2 is 1.92 bits per heavy atom. The molecule has 6 nitrogen and oxygen atoms in total. The minimum atomic E-state index is 0.144. The maximum Gasteiger partial charge on any atom is 0.237 e. The average molecular weight is 358 g/mol. The predicted molar refractivity (Wildman–Crippen MR) is 103 cm³/mol. The standard InChI is InChI=1S/C20H31N5O/c1-3-11-24(12-4-2)19(26)16-23-13-8-9-17(15-23)20-22-21-18-10-6-5-7-14-25(18)20/h3-4,17H,1-2,5-16H2. The van der Waals surface area contributed by atoms with E-state index in [1.54, 1.807) is 17.1 Å². The molecule has 1 fully saturated rings. The molecule has 0 saturated carbocycles. The van der Waals surface area contributed by atoms with Crippen LogP contribution in [0.25, 0.3) is 0 Å². The fourth-order valence-corrected chi connectivity index (χ4v) is 4.10. The minimum Gasteiger partial charge on any atom is -0.334 e. The van der Waals surface area contributed by atoms with Gasteiger partial charge in [0.25, 0.3) is 0 Å². The maximum absolute atomic E-state index is 12.6. The molecular weight excluding hydrogens is 326 g/mol. The van der Waals surface area contributed by atoms with Crippen molar-refractivity contribution in [2.75, 3.05) is 32.7 Å². The zero-order valence-corrected chi connectivity index (χ0v) is 15.8. The minimum absolute atomic E-state index is 0.144. The molecule has 1 aromatic heterocycles. The van der Waals surface area contributed by atoms with Crippen molar-refractivity contribution >= 4 is 5.91 Å². The van der Waals surface area contributed by atoms with Crippen LogP contribution < -0.4 is 0 Å². The molecule has 0 spiro atoms. The Bertz CT molecular complexity index is 628. The van der Waals surface area contributed by atoms with E-state index in [2.05, 4.69) is 32.8 Å². The van der Waals surface area contributed by atoms with Gasteiger partial charge in [-0.05, 0) is 32.2 Å². The third kappa shape index (κ3) is 4.41. The molecule has 26 heavy (non-hydrogen) atoms. The fourth-order valence-electron chi connectivity index (χ4n) is 4.10. The number of likely N-dealkylation sites (tertiary alicyclic amines) is 1. The maximum atomic E-state index is 12.6. The third-order valence-electron chi connectivity index (χ3n) is 5.42. The normalized spacial score (nSPS) is 20.8. The second-order valence-electron chi connectivity index (χ2n) is 7.39. The van der Waals surface area contributed by atoms with Gasteiger partial charge in [-0.25, -0.2) is 0 Å². The van der Waals surface area contributed by atoms with Crippen LogP contribution in [-0.2, 0) is 17.8 Å². The van der Waals surface area contributed by atoms with Crippen LogP contribution >= 0.6 is 0 Å². The quantitative estimate of drug-likeness (QED) is 0.703. The lowest BCUT2D eigenvalue weighted by Crippen LogP contribution is -2.44. The second-order valence-corrected chi connectivity index (χ2v) is 7.39. The number of hydrogen-bond donors (Lipinski definition) is 0. The number of hydrogen-bond acceptors (Lipinski definition) is 4. The van der Waals surface area contributed by atoms with Gasteiger partial charge in [-0.1, -0.05) is 18.6 Å². The van der Waals surface area contributed by atoms with Crippen LogP contribution in [0.1, 0.15) is 49.7 Å². The zero-order valence-electron chi connectivity index (χ0n) is 15.8. The molecule has 1 unspecified atom stereocenters. The fraction of sp³-hybridized carbons (Fsp3) is 0.650. The molecular formula is C20H31N5O. The number of carbonyl (C=O) groups excluding carboxylic acids is 1. The van der Waals surface area contributed by atoms with E-state index in [0.29, 0.717) is 25.6 Å². The Balaban J connectivity index is 1.64. The van der Waals surface area contributed by atoms with E-state index < -0.39 is 0 Å². The second kappa shape index (κ2) is 9.12. The number of aryl methyl sites for hydroxylation is 1. The molecule has 2 aliphatic heterocycles. The topological polar surface area (TPSA) is 54.3 Å². The first kappa shape index (κ1) is 18.8. The highest BCUT2D eigenvalue weighted by atomic mass is 16.2. The molecule has 0 radical (unpaired) electrons. The van der Waals surface area contributed by atoms with E-state index in [1.807, 2.05) is 0 Å². The molecule has 1 atom stereocenters. The molecule has 0 aliphatic carbocycles. The van der Waals surface area contributed by atoms with Gasteiger partial charge >= 0.3 is 0 Å². The monoisotopic (exact) mass is 357 g/mol. The van der Waals surface area contributed by atoms with E-state index in [0.717, 1.165) is 50.5 Å². The van der Waals surface area contributed by atoms with Crippen molar-refractivity contribution in [1.82, 2.24) is 24.6 Å². The summed E-state index contributed by atoms with van der Waals surface area (Å²) in [6.07, 6.45) is 10.5. The van der Waals surface area contributed by atoms with Crippen molar-refractivity contribution in [2.45, 2.75) is 51.0 Å². The van der Waals surface area contributed by atoms with Crippen molar-refractivity contribution in [3.05, 3.63) is 37.0 Å². The molecule has 2 aliphatic rings. The van der Waals surface area contributed by atoms with Crippen LogP contribution in [0.3, 0.4) is 0 Å². The molecule has 1 saturated heterocycles. The van der Waals surface area contributed by atoms with Crippen molar-refractivity contribution in [1.29, 1.82) is 0 Å². The summed E-state index contributed by atoms with van der Waals surface area (Å²) in [7, 11) is 0. The molecule has 3 rings (SSSR count). The van der Waals surface area contributed by atoms with E-state index in [9.17, 15) is 4.79 Å². The molecule has 6 heteroatoms. The van der Waals surface area contributed by atoms with Gasteiger partial charge in [0, 0.05) is 38.5 Å². The number of amides is 1. The van der Waals surface area contributed by atoms with Crippen molar-refractivity contribution in [2.24, 2.45) is 0 Å². The predicted octanol–water partition coefficient (Wildman–Crippen LogP) is 2.38. The van der Waals surface area contributed by atoms with Crippen molar-refractivity contribution in [3.63, 3.8) is 0 Å². The van der Waals surface area contributed by atoms with Crippen molar-refractivity contribution in [3.8, 4) is 0 Å². The Kier molecular flexibility index (Phi) is 6.61. The smallest absolute Gasteiger partial charge is 0.237 e. The Hall–Kier alpha value is -1.95. The lowest BCUT2D eigenvalue weighted by Gasteiger charge is -2.33. The first-order valence-electron chi connectivity index (χ1n) is 9.86. The van der Waals surface area contributed by atoms with Crippen LogP contribution in [0.5, 0.6) is 0 Å². The molecule has 0 aromatic carbocycles. The highest BCUT2D eigenvalue weighted by molar-refractivity contribution is 5.78. The van der Waals surface area contributed by atoms with E-state index in [1.165, 1.54) is 19.3 Å². The number of nitrogens with zero attached hydrogens (tertiary/aromatic N) is 5. The molecule has 142 valence electrons. The Morgan fingerprint density at radius 3 is 2.69 bits per heavy atom. The van der Waals surface area contributed by atoms with E-state index in [-0.39, 0.29) is 5.91 Å². The zero-order chi connectivity index (χ0) is 18.4. The van der Waals surface area contributed by atoms with Crippen LogP contribution in [0.4, 0.5) is 0 Å². The first-order chi connectivity index (χ1) is 12.7. The van der Waals surface area contributed by atoms with E-state index in [4.69, 9.17) is 0 Å². The molecule has 1 aromatic rings. The van der Waals surface area contributed by atoms with Gasteiger partial charge in [0.05, 0.1) is 6.54 Å².